The van der Waals surface area contributed by atoms with Gasteiger partial charge in [-0.1, -0.05) is 25.1 Å². The standard InChI is InChI=1S/C22H17F2N5OS/c1-13(21-28-19(11-31-21)15-4-2-14(10-25)3-5-15)22(30,9-20-26-12-27-29-20)17-7-6-16(23)8-18(17)24/h2-8,11-13,30H,9H2,1H3,(H,26,27,29)/t13-,22+/m0/s1. The highest BCUT2D eigenvalue weighted by molar-refractivity contribution is 7.10. The van der Waals surface area contributed by atoms with Crippen LogP contribution in [0.2, 0.25) is 0 Å². The Balaban J connectivity index is 1.73. The summed E-state index contributed by atoms with van der Waals surface area (Å²) in [6, 6.07) is 12.1. The van der Waals surface area contributed by atoms with Gasteiger partial charge in [-0.05, 0) is 18.2 Å². The monoisotopic (exact) mass is 437 g/mol. The van der Waals surface area contributed by atoms with E-state index in [0.29, 0.717) is 22.1 Å². The number of aromatic amines is 1. The summed E-state index contributed by atoms with van der Waals surface area (Å²) in [5.41, 5.74) is 0.219. The van der Waals surface area contributed by atoms with Crippen LogP contribution in [-0.4, -0.2) is 25.3 Å². The lowest BCUT2D eigenvalue weighted by Gasteiger charge is -2.33. The van der Waals surface area contributed by atoms with Crippen molar-refractivity contribution in [3.05, 3.63) is 87.8 Å². The van der Waals surface area contributed by atoms with Gasteiger partial charge < -0.3 is 5.11 Å². The van der Waals surface area contributed by atoms with Crippen molar-refractivity contribution in [2.24, 2.45) is 0 Å². The zero-order valence-corrected chi connectivity index (χ0v) is 17.2. The van der Waals surface area contributed by atoms with Crippen LogP contribution in [0.15, 0.2) is 54.2 Å². The number of nitrogens with zero attached hydrogens (tertiary/aromatic N) is 4. The third-order valence-electron chi connectivity index (χ3n) is 5.21. The quantitative estimate of drug-likeness (QED) is 0.468. The predicted molar refractivity (Wildman–Crippen MR) is 111 cm³/mol. The molecule has 0 fully saturated rings. The summed E-state index contributed by atoms with van der Waals surface area (Å²) in [6.45, 7) is 1.73. The molecule has 2 atom stereocenters. The van der Waals surface area contributed by atoms with E-state index in [0.717, 1.165) is 17.7 Å². The Morgan fingerprint density at radius 2 is 2.00 bits per heavy atom. The number of aliphatic hydroxyl groups is 1. The molecule has 2 aromatic carbocycles. The first-order valence-corrected chi connectivity index (χ1v) is 10.3. The molecule has 156 valence electrons. The van der Waals surface area contributed by atoms with E-state index in [1.807, 2.05) is 5.38 Å². The van der Waals surface area contributed by atoms with E-state index in [2.05, 4.69) is 26.2 Å². The van der Waals surface area contributed by atoms with Crippen LogP contribution in [0.25, 0.3) is 11.3 Å². The van der Waals surface area contributed by atoms with Gasteiger partial charge >= 0.3 is 0 Å². The van der Waals surface area contributed by atoms with Gasteiger partial charge in [-0.25, -0.2) is 18.7 Å². The van der Waals surface area contributed by atoms with Crippen molar-refractivity contribution < 1.29 is 13.9 Å². The van der Waals surface area contributed by atoms with Crippen LogP contribution in [0.4, 0.5) is 8.78 Å². The van der Waals surface area contributed by atoms with Gasteiger partial charge in [0.05, 0.1) is 22.3 Å². The van der Waals surface area contributed by atoms with Crippen LogP contribution in [0.1, 0.15) is 34.8 Å². The molecule has 0 saturated carbocycles. The van der Waals surface area contributed by atoms with Crippen LogP contribution in [0.3, 0.4) is 0 Å². The Hall–Kier alpha value is -3.48. The Bertz CT molecular complexity index is 1230. The maximum atomic E-state index is 14.7. The summed E-state index contributed by atoms with van der Waals surface area (Å²) >= 11 is 1.32. The maximum absolute atomic E-state index is 14.7. The average Bonchev–Trinajstić information content (AvgIpc) is 3.45. The SMILES string of the molecule is C[C@@H](c1nc(-c2ccc(C#N)cc2)cs1)[C@](O)(Cc1nc[nH]n1)c1ccc(F)cc1F. The van der Waals surface area contributed by atoms with Gasteiger partial charge in [-0.15, -0.1) is 11.3 Å². The number of nitrogens with one attached hydrogen (secondary N) is 1. The molecule has 0 unspecified atom stereocenters. The zero-order valence-electron chi connectivity index (χ0n) is 16.4. The van der Waals surface area contributed by atoms with Crippen molar-refractivity contribution in [1.29, 1.82) is 5.26 Å². The van der Waals surface area contributed by atoms with Gasteiger partial charge in [0.15, 0.2) is 5.82 Å². The molecule has 31 heavy (non-hydrogen) atoms. The minimum absolute atomic E-state index is 0.0543. The number of hydrogen-bond donors (Lipinski definition) is 2. The van der Waals surface area contributed by atoms with Gasteiger partial charge in [0, 0.05) is 34.9 Å². The number of benzene rings is 2. The van der Waals surface area contributed by atoms with Gasteiger partial charge in [0.2, 0.25) is 0 Å². The van der Waals surface area contributed by atoms with E-state index in [1.165, 1.54) is 23.7 Å². The molecular formula is C22H17F2N5OS. The number of thiazole rings is 1. The second kappa shape index (κ2) is 8.34. The fraction of sp³-hybridized carbons (Fsp3) is 0.182. The number of nitriles is 1. The Morgan fingerprint density at radius 3 is 2.65 bits per heavy atom. The van der Waals surface area contributed by atoms with Crippen LogP contribution < -0.4 is 0 Å². The molecule has 2 N–H and O–H groups in total. The summed E-state index contributed by atoms with van der Waals surface area (Å²) in [6.07, 6.45) is 1.28. The van der Waals surface area contributed by atoms with E-state index in [4.69, 9.17) is 5.26 Å². The van der Waals surface area contributed by atoms with Gasteiger partial charge in [-0.2, -0.15) is 10.4 Å². The van der Waals surface area contributed by atoms with E-state index in [9.17, 15) is 13.9 Å². The first-order valence-electron chi connectivity index (χ1n) is 9.39. The summed E-state index contributed by atoms with van der Waals surface area (Å²) in [5.74, 6) is -1.94. The lowest BCUT2D eigenvalue weighted by atomic mass is 9.79. The molecule has 0 amide bonds. The third kappa shape index (κ3) is 4.08. The van der Waals surface area contributed by atoms with Crippen LogP contribution in [-0.2, 0) is 12.0 Å². The Labute approximate surface area is 180 Å². The lowest BCUT2D eigenvalue weighted by Crippen LogP contribution is -2.36. The highest BCUT2D eigenvalue weighted by Gasteiger charge is 2.41. The Morgan fingerprint density at radius 1 is 1.23 bits per heavy atom. The fourth-order valence-electron chi connectivity index (χ4n) is 3.42. The highest BCUT2D eigenvalue weighted by atomic mass is 32.1. The minimum Gasteiger partial charge on any atom is -0.384 e. The van der Waals surface area contributed by atoms with Crippen molar-refractivity contribution in [2.75, 3.05) is 0 Å². The van der Waals surface area contributed by atoms with Crippen molar-refractivity contribution in [3.63, 3.8) is 0 Å². The molecule has 0 radical (unpaired) electrons. The second-order valence-corrected chi connectivity index (χ2v) is 8.01. The summed E-state index contributed by atoms with van der Waals surface area (Å²) in [4.78, 5) is 8.69. The molecule has 9 heteroatoms. The van der Waals surface area contributed by atoms with E-state index in [-0.39, 0.29) is 12.0 Å². The van der Waals surface area contributed by atoms with Crippen LogP contribution >= 0.6 is 11.3 Å². The molecule has 0 bridgehead atoms. The van der Waals surface area contributed by atoms with E-state index in [1.54, 1.807) is 31.2 Å². The topological polar surface area (TPSA) is 98.5 Å². The van der Waals surface area contributed by atoms with Gasteiger partial charge in [0.25, 0.3) is 0 Å². The molecule has 0 aliphatic carbocycles. The number of rotatable bonds is 6. The first kappa shape index (κ1) is 20.8. The van der Waals surface area contributed by atoms with Crippen molar-refractivity contribution in [3.8, 4) is 17.3 Å². The third-order valence-corrected chi connectivity index (χ3v) is 6.24. The normalized spacial score (nSPS) is 14.0. The molecule has 0 saturated heterocycles. The Kier molecular flexibility index (Phi) is 5.59. The molecular weight excluding hydrogens is 420 g/mol. The summed E-state index contributed by atoms with van der Waals surface area (Å²) in [7, 11) is 0. The largest absolute Gasteiger partial charge is 0.384 e. The number of hydrogen-bond acceptors (Lipinski definition) is 6. The molecule has 0 aliphatic rings. The predicted octanol–water partition coefficient (Wildman–Crippen LogP) is 4.31. The minimum atomic E-state index is -1.76. The number of aromatic nitrogens is 4. The molecule has 4 rings (SSSR count). The molecule has 6 nitrogen and oxygen atoms in total. The maximum Gasteiger partial charge on any atom is 0.153 e. The van der Waals surface area contributed by atoms with Crippen LogP contribution in [0, 0.1) is 23.0 Å². The number of halogens is 2. The number of H-pyrrole nitrogens is 1. The molecule has 2 heterocycles. The molecule has 0 spiro atoms. The summed E-state index contributed by atoms with van der Waals surface area (Å²) in [5, 5.41) is 29.6. The molecule has 4 aromatic rings. The van der Waals surface area contributed by atoms with Crippen molar-refractivity contribution in [1.82, 2.24) is 20.2 Å². The van der Waals surface area contributed by atoms with Gasteiger partial charge in [0.1, 0.15) is 23.6 Å². The average molecular weight is 437 g/mol. The molecule has 0 aliphatic heterocycles. The van der Waals surface area contributed by atoms with Gasteiger partial charge in [-0.3, -0.25) is 5.10 Å². The summed E-state index contributed by atoms with van der Waals surface area (Å²) < 4.78 is 28.2. The zero-order chi connectivity index (χ0) is 22.0. The lowest BCUT2D eigenvalue weighted by molar-refractivity contribution is 0.00739. The van der Waals surface area contributed by atoms with Crippen molar-refractivity contribution >= 4 is 11.3 Å². The molecule has 2 aromatic heterocycles. The van der Waals surface area contributed by atoms with E-state index < -0.39 is 23.2 Å². The smallest absolute Gasteiger partial charge is 0.153 e. The first-order chi connectivity index (χ1) is 14.9. The second-order valence-electron chi connectivity index (χ2n) is 7.12. The fourth-order valence-corrected chi connectivity index (χ4v) is 4.39. The highest BCUT2D eigenvalue weighted by Crippen LogP contribution is 2.42. The van der Waals surface area contributed by atoms with Crippen LogP contribution in [0.5, 0.6) is 0 Å². The van der Waals surface area contributed by atoms with E-state index >= 15 is 0 Å². The van der Waals surface area contributed by atoms with Crippen molar-refractivity contribution in [2.45, 2.75) is 24.9 Å².